The third-order valence-electron chi connectivity index (χ3n) is 13.2. The Hall–Kier alpha value is -8.78. The summed E-state index contributed by atoms with van der Waals surface area (Å²) in [5.41, 5.74) is 17.5. The summed E-state index contributed by atoms with van der Waals surface area (Å²) in [5.74, 6) is 0. The average Bonchev–Trinajstić information content (AvgIpc) is 3.42. The van der Waals surface area contributed by atoms with Gasteiger partial charge in [0.15, 0.2) is 0 Å². The molecule has 67 heavy (non-hydrogen) atoms. The number of hydrogen-bond acceptors (Lipinski definition) is 1. The van der Waals surface area contributed by atoms with Gasteiger partial charge in [0.05, 0.1) is 5.69 Å². The van der Waals surface area contributed by atoms with Gasteiger partial charge in [-0.15, -0.1) is 0 Å². The van der Waals surface area contributed by atoms with Crippen molar-refractivity contribution in [3.63, 3.8) is 0 Å². The van der Waals surface area contributed by atoms with E-state index in [0.29, 0.717) is 0 Å². The molecule has 0 amide bonds. The molecular formula is C66H45N. The van der Waals surface area contributed by atoms with Crippen molar-refractivity contribution in [2.45, 2.75) is 0 Å². The number of benzene rings is 12. The van der Waals surface area contributed by atoms with Crippen LogP contribution in [0.3, 0.4) is 0 Å². The van der Waals surface area contributed by atoms with Crippen LogP contribution in [-0.2, 0) is 0 Å². The largest absolute Gasteiger partial charge is 0.310 e. The first kappa shape index (κ1) is 39.8. The Balaban J connectivity index is 1.01. The molecule has 0 heterocycles. The highest BCUT2D eigenvalue weighted by molar-refractivity contribution is 6.25. The first-order valence-corrected chi connectivity index (χ1v) is 23.1. The Bertz CT molecular complexity index is 3600. The third kappa shape index (κ3) is 7.43. The van der Waals surface area contributed by atoms with Crippen LogP contribution in [0.25, 0.3) is 99.1 Å². The van der Waals surface area contributed by atoms with Gasteiger partial charge in [-0.3, -0.25) is 0 Å². The van der Waals surface area contributed by atoms with Crippen LogP contribution in [0.15, 0.2) is 273 Å². The highest BCUT2D eigenvalue weighted by Gasteiger charge is 2.21. The summed E-state index contributed by atoms with van der Waals surface area (Å²) in [4.78, 5) is 2.40. The summed E-state index contributed by atoms with van der Waals surface area (Å²) >= 11 is 0. The summed E-state index contributed by atoms with van der Waals surface area (Å²) in [6, 6.07) is 99.4. The smallest absolute Gasteiger partial charge is 0.0540 e. The first-order valence-electron chi connectivity index (χ1n) is 23.1. The van der Waals surface area contributed by atoms with Crippen molar-refractivity contribution in [1.82, 2.24) is 0 Å². The summed E-state index contributed by atoms with van der Waals surface area (Å²) in [5, 5.41) is 7.70. The van der Waals surface area contributed by atoms with Gasteiger partial charge in [0.2, 0.25) is 0 Å². The van der Waals surface area contributed by atoms with Crippen molar-refractivity contribution >= 4 is 49.4 Å². The lowest BCUT2D eigenvalue weighted by Crippen LogP contribution is -2.11. The van der Waals surface area contributed by atoms with Crippen LogP contribution < -0.4 is 4.90 Å². The predicted octanol–water partition coefficient (Wildman–Crippen LogP) is 18.6. The lowest BCUT2D eigenvalue weighted by Gasteiger charge is -2.28. The summed E-state index contributed by atoms with van der Waals surface area (Å²) < 4.78 is 0. The summed E-state index contributed by atoms with van der Waals surface area (Å²) in [7, 11) is 0. The molecule has 0 spiro atoms. The van der Waals surface area contributed by atoms with Crippen molar-refractivity contribution in [2.75, 3.05) is 4.90 Å². The minimum absolute atomic E-state index is 1.09. The van der Waals surface area contributed by atoms with E-state index in [9.17, 15) is 0 Å². The maximum absolute atomic E-state index is 2.40. The van der Waals surface area contributed by atoms with Crippen molar-refractivity contribution < 1.29 is 0 Å². The molecule has 0 radical (unpaired) electrons. The van der Waals surface area contributed by atoms with E-state index in [1.165, 1.54) is 76.8 Å². The molecule has 12 rings (SSSR count). The fourth-order valence-corrected chi connectivity index (χ4v) is 10.1. The van der Waals surface area contributed by atoms with E-state index >= 15 is 0 Å². The molecular weight excluding hydrogens is 807 g/mol. The fourth-order valence-electron chi connectivity index (χ4n) is 10.1. The predicted molar refractivity (Wildman–Crippen MR) is 286 cm³/mol. The normalized spacial score (nSPS) is 11.3. The number of rotatable bonds is 9. The number of para-hydroxylation sites is 1. The zero-order valence-corrected chi connectivity index (χ0v) is 36.9. The Labute approximate surface area is 392 Å². The average molecular weight is 852 g/mol. The Morgan fingerprint density at radius 3 is 1.07 bits per heavy atom. The van der Waals surface area contributed by atoms with E-state index in [1.54, 1.807) is 0 Å². The van der Waals surface area contributed by atoms with E-state index in [0.717, 1.165) is 39.3 Å². The van der Waals surface area contributed by atoms with E-state index < -0.39 is 0 Å². The minimum Gasteiger partial charge on any atom is -0.310 e. The van der Waals surface area contributed by atoms with Gasteiger partial charge in [0.25, 0.3) is 0 Å². The van der Waals surface area contributed by atoms with Crippen LogP contribution in [0.1, 0.15) is 0 Å². The van der Waals surface area contributed by atoms with Gasteiger partial charge in [0, 0.05) is 16.9 Å². The molecule has 12 aromatic rings. The number of hydrogen-bond donors (Lipinski definition) is 0. The monoisotopic (exact) mass is 851 g/mol. The van der Waals surface area contributed by atoms with Gasteiger partial charge >= 0.3 is 0 Å². The van der Waals surface area contributed by atoms with Crippen LogP contribution in [0.2, 0.25) is 0 Å². The second-order valence-electron chi connectivity index (χ2n) is 17.2. The molecule has 0 aliphatic rings. The summed E-state index contributed by atoms with van der Waals surface area (Å²) in [6.07, 6.45) is 0. The lowest BCUT2D eigenvalue weighted by molar-refractivity contribution is 1.28. The molecule has 0 fully saturated rings. The van der Waals surface area contributed by atoms with Crippen molar-refractivity contribution in [2.24, 2.45) is 0 Å². The van der Waals surface area contributed by atoms with Crippen LogP contribution in [0.4, 0.5) is 17.1 Å². The maximum Gasteiger partial charge on any atom is 0.0540 e. The van der Waals surface area contributed by atoms with Crippen LogP contribution >= 0.6 is 0 Å². The van der Waals surface area contributed by atoms with Gasteiger partial charge in [0.1, 0.15) is 0 Å². The maximum atomic E-state index is 2.40. The van der Waals surface area contributed by atoms with Gasteiger partial charge in [-0.1, -0.05) is 218 Å². The van der Waals surface area contributed by atoms with Crippen LogP contribution in [0.5, 0.6) is 0 Å². The molecule has 0 aliphatic heterocycles. The molecule has 0 aromatic heterocycles. The molecule has 0 N–H and O–H groups in total. The van der Waals surface area contributed by atoms with E-state index in [1.807, 2.05) is 0 Å². The van der Waals surface area contributed by atoms with Crippen molar-refractivity contribution in [1.29, 1.82) is 0 Å². The lowest BCUT2D eigenvalue weighted by atomic mass is 9.84. The third-order valence-corrected chi connectivity index (χ3v) is 13.2. The van der Waals surface area contributed by atoms with E-state index in [4.69, 9.17) is 0 Å². The van der Waals surface area contributed by atoms with E-state index in [-0.39, 0.29) is 0 Å². The number of anilines is 3. The summed E-state index contributed by atoms with van der Waals surface area (Å²) in [6.45, 7) is 0. The minimum atomic E-state index is 1.09. The van der Waals surface area contributed by atoms with Crippen LogP contribution in [-0.4, -0.2) is 0 Å². The zero-order valence-electron chi connectivity index (χ0n) is 36.9. The Morgan fingerprint density at radius 1 is 0.194 bits per heavy atom. The second-order valence-corrected chi connectivity index (χ2v) is 17.2. The van der Waals surface area contributed by atoms with Crippen LogP contribution in [0, 0.1) is 0 Å². The molecule has 0 aliphatic carbocycles. The molecule has 0 saturated carbocycles. The fraction of sp³-hybridized carbons (Fsp3) is 0. The zero-order chi connectivity index (χ0) is 44.5. The van der Waals surface area contributed by atoms with E-state index in [2.05, 4.69) is 278 Å². The molecule has 0 bridgehead atoms. The topological polar surface area (TPSA) is 3.24 Å². The molecule has 0 unspecified atom stereocenters. The van der Waals surface area contributed by atoms with Gasteiger partial charge < -0.3 is 4.90 Å². The molecule has 0 atom stereocenters. The Morgan fingerprint density at radius 2 is 0.552 bits per heavy atom. The standard InChI is InChI=1S/C66H45N/c1-6-20-47(21-7-1)61-42-52(53-44-62(48-22-8-2-9-23-48)66(50-26-12-4-13-27-50)63(45-53)49-24-10-3-11-25-49)37-41-65(61)67(54-28-14-5-15-29-54)55-38-34-46(35-39-55)51-36-40-60-58-32-17-16-30-56(58)57-31-18-19-33-59(57)64(60)43-51/h1-45H. The molecule has 12 aromatic carbocycles. The van der Waals surface area contributed by atoms with Crippen molar-refractivity contribution in [3.05, 3.63) is 273 Å². The molecule has 1 nitrogen and oxygen atoms in total. The van der Waals surface area contributed by atoms with Gasteiger partial charge in [-0.2, -0.15) is 0 Å². The van der Waals surface area contributed by atoms with Gasteiger partial charge in [-0.25, -0.2) is 0 Å². The SMILES string of the molecule is c1ccc(-c2cc(-c3cc(-c4ccccc4)c(-c4ccccc4)c(-c4ccccc4)c3)ccc2N(c2ccccc2)c2ccc(-c3ccc4c5ccccc5c5ccccc5c4c3)cc2)cc1. The number of fused-ring (bicyclic) bond motifs is 6. The molecule has 1 heteroatoms. The highest BCUT2D eigenvalue weighted by atomic mass is 15.1. The highest BCUT2D eigenvalue weighted by Crippen LogP contribution is 2.47. The quantitative estimate of drug-likeness (QED) is 0.131. The number of nitrogens with zero attached hydrogens (tertiary/aromatic N) is 1. The van der Waals surface area contributed by atoms with Crippen molar-refractivity contribution in [3.8, 4) is 66.8 Å². The molecule has 314 valence electrons. The Kier molecular flexibility index (Phi) is 10.3. The van der Waals surface area contributed by atoms with Gasteiger partial charge in [-0.05, 0) is 148 Å². The second kappa shape index (κ2) is 17.3. The first-order chi connectivity index (χ1) is 33.2. The molecule has 0 saturated heterocycles.